The molecule has 4 aromatic rings. The van der Waals surface area contributed by atoms with E-state index in [1.807, 2.05) is 73.7 Å². The predicted molar refractivity (Wildman–Crippen MR) is 121 cm³/mol. The number of nitrogens with one attached hydrogen (secondary N) is 1. The maximum atomic E-state index is 12.3. The minimum Gasteiger partial charge on any atom is -0.454 e. The number of fused-ring (bicyclic) bond motifs is 1. The number of anilines is 1. The summed E-state index contributed by atoms with van der Waals surface area (Å²) in [5, 5.41) is 11.2. The molecule has 0 saturated carbocycles. The highest BCUT2D eigenvalue weighted by Gasteiger charge is 2.16. The van der Waals surface area contributed by atoms with Gasteiger partial charge < -0.3 is 19.2 Å². The van der Waals surface area contributed by atoms with Crippen LogP contribution in [0.4, 0.5) is 5.69 Å². The van der Waals surface area contributed by atoms with Crippen LogP contribution >= 0.6 is 11.8 Å². The lowest BCUT2D eigenvalue weighted by Gasteiger charge is -2.06. The van der Waals surface area contributed by atoms with E-state index in [1.165, 1.54) is 0 Å². The van der Waals surface area contributed by atoms with Gasteiger partial charge in [-0.25, -0.2) is 0 Å². The Morgan fingerprint density at radius 1 is 0.969 bits per heavy atom. The van der Waals surface area contributed by atoms with Crippen LogP contribution in [-0.4, -0.2) is 22.9 Å². The molecule has 1 aromatic heterocycles. The summed E-state index contributed by atoms with van der Waals surface area (Å²) in [6.45, 7) is 2.21. The first-order valence-corrected chi connectivity index (χ1v) is 11.0. The average Bonchev–Trinajstić information content (AvgIpc) is 3.48. The fraction of sp³-hybridized carbons (Fsp3) is 0.125. The van der Waals surface area contributed by atoms with Gasteiger partial charge in [-0.3, -0.25) is 4.79 Å². The Labute approximate surface area is 188 Å². The van der Waals surface area contributed by atoms with Gasteiger partial charge in [-0.15, -0.1) is 22.0 Å². The quantitative estimate of drug-likeness (QED) is 0.402. The number of hydrogen-bond acceptors (Lipinski definition) is 7. The molecule has 32 heavy (non-hydrogen) atoms. The van der Waals surface area contributed by atoms with Gasteiger partial charge in [0.2, 0.25) is 18.6 Å². The number of aromatic nitrogens is 2. The van der Waals surface area contributed by atoms with Crippen molar-refractivity contribution in [3.63, 3.8) is 0 Å². The largest absolute Gasteiger partial charge is 0.454 e. The average molecular weight is 446 g/mol. The number of thioether (sulfide) groups is 1. The summed E-state index contributed by atoms with van der Waals surface area (Å²) in [5.74, 6) is 2.75. The minimum absolute atomic E-state index is 0.132. The van der Waals surface area contributed by atoms with E-state index in [4.69, 9.17) is 13.9 Å². The van der Waals surface area contributed by atoms with Crippen molar-refractivity contribution in [3.05, 3.63) is 83.7 Å². The third kappa shape index (κ3) is 4.45. The van der Waals surface area contributed by atoms with Gasteiger partial charge in [0.05, 0.1) is 5.75 Å². The van der Waals surface area contributed by atoms with Crippen molar-refractivity contribution < 1.29 is 18.7 Å². The van der Waals surface area contributed by atoms with Crippen LogP contribution in [-0.2, 0) is 5.75 Å². The van der Waals surface area contributed by atoms with Crippen LogP contribution in [0.5, 0.6) is 11.5 Å². The minimum atomic E-state index is -0.132. The van der Waals surface area contributed by atoms with E-state index in [0.29, 0.717) is 34.6 Å². The van der Waals surface area contributed by atoms with Gasteiger partial charge in [-0.1, -0.05) is 17.7 Å². The molecule has 1 aliphatic heterocycles. The highest BCUT2D eigenvalue weighted by atomic mass is 32.2. The number of benzene rings is 3. The zero-order chi connectivity index (χ0) is 21.9. The predicted octanol–water partition coefficient (Wildman–Crippen LogP) is 5.32. The summed E-state index contributed by atoms with van der Waals surface area (Å²) in [7, 11) is 0. The molecule has 1 N–H and O–H groups in total. The molecule has 160 valence electrons. The standard InChI is InChI=1S/C24H19N3O4S/c1-15-2-4-16(5-3-15)23(28)25-18-7-9-19(10-8-18)32-13-22-26-27-24(31-22)17-6-11-20-21(12-17)30-14-29-20/h2-12H,13-14H2,1H3,(H,25,28). The second kappa shape index (κ2) is 8.76. The Balaban J connectivity index is 1.18. The molecular formula is C24H19N3O4S. The SMILES string of the molecule is Cc1ccc(C(=O)Nc2ccc(SCc3nnc(-c4ccc5c(c4)OCO5)o3)cc2)cc1. The Morgan fingerprint density at radius 3 is 2.56 bits per heavy atom. The van der Waals surface area contributed by atoms with Crippen molar-refractivity contribution in [2.75, 3.05) is 12.1 Å². The molecule has 0 atom stereocenters. The van der Waals surface area contributed by atoms with Crippen LogP contribution in [0.3, 0.4) is 0 Å². The molecule has 1 aliphatic rings. The van der Waals surface area contributed by atoms with E-state index in [1.54, 1.807) is 11.8 Å². The van der Waals surface area contributed by atoms with E-state index >= 15 is 0 Å². The summed E-state index contributed by atoms with van der Waals surface area (Å²) >= 11 is 1.57. The topological polar surface area (TPSA) is 86.5 Å². The fourth-order valence-electron chi connectivity index (χ4n) is 3.15. The van der Waals surface area contributed by atoms with E-state index < -0.39 is 0 Å². The van der Waals surface area contributed by atoms with E-state index in [-0.39, 0.29) is 12.7 Å². The van der Waals surface area contributed by atoms with Crippen LogP contribution in [0.2, 0.25) is 0 Å². The summed E-state index contributed by atoms with van der Waals surface area (Å²) in [5.41, 5.74) is 3.27. The highest BCUT2D eigenvalue weighted by Crippen LogP contribution is 2.35. The number of amides is 1. The summed E-state index contributed by atoms with van der Waals surface area (Å²) in [6.07, 6.45) is 0. The molecule has 8 heteroatoms. The van der Waals surface area contributed by atoms with Crippen molar-refractivity contribution >= 4 is 23.4 Å². The smallest absolute Gasteiger partial charge is 0.255 e. The van der Waals surface area contributed by atoms with E-state index in [0.717, 1.165) is 21.7 Å². The lowest BCUT2D eigenvalue weighted by molar-refractivity contribution is 0.102. The molecule has 0 unspecified atom stereocenters. The van der Waals surface area contributed by atoms with Gasteiger partial charge in [-0.2, -0.15) is 0 Å². The molecular weight excluding hydrogens is 426 g/mol. The lowest BCUT2D eigenvalue weighted by Crippen LogP contribution is -2.11. The van der Waals surface area contributed by atoms with Crippen LogP contribution in [0.15, 0.2) is 76.0 Å². The van der Waals surface area contributed by atoms with Crippen molar-refractivity contribution in [1.82, 2.24) is 10.2 Å². The van der Waals surface area contributed by atoms with Crippen molar-refractivity contribution in [2.45, 2.75) is 17.6 Å². The maximum Gasteiger partial charge on any atom is 0.255 e. The number of rotatable bonds is 6. The Kier molecular flexibility index (Phi) is 5.51. The van der Waals surface area contributed by atoms with Crippen LogP contribution < -0.4 is 14.8 Å². The highest BCUT2D eigenvalue weighted by molar-refractivity contribution is 7.98. The molecule has 0 spiro atoms. The van der Waals surface area contributed by atoms with Gasteiger partial charge in [0.25, 0.3) is 5.91 Å². The van der Waals surface area contributed by atoms with E-state index in [9.17, 15) is 4.79 Å². The summed E-state index contributed by atoms with van der Waals surface area (Å²) in [4.78, 5) is 13.4. The van der Waals surface area contributed by atoms with Crippen LogP contribution in [0, 0.1) is 6.92 Å². The molecule has 7 nitrogen and oxygen atoms in total. The molecule has 3 aromatic carbocycles. The number of hydrogen-bond donors (Lipinski definition) is 1. The number of carbonyl (C=O) groups excluding carboxylic acids is 1. The first-order chi connectivity index (χ1) is 15.6. The molecule has 1 amide bonds. The zero-order valence-corrected chi connectivity index (χ0v) is 18.0. The first kappa shape index (κ1) is 20.1. The van der Waals surface area contributed by atoms with Crippen molar-refractivity contribution in [1.29, 1.82) is 0 Å². The van der Waals surface area contributed by atoms with Crippen LogP contribution in [0.1, 0.15) is 21.8 Å². The number of aryl methyl sites for hydroxylation is 1. The summed E-state index contributed by atoms with van der Waals surface area (Å²) < 4.78 is 16.5. The number of ether oxygens (including phenoxy) is 2. The second-order valence-corrected chi connectivity index (χ2v) is 8.25. The summed E-state index contributed by atoms with van der Waals surface area (Å²) in [6, 6.07) is 20.6. The van der Waals surface area contributed by atoms with Gasteiger partial charge in [0.1, 0.15) is 0 Å². The maximum absolute atomic E-state index is 12.3. The van der Waals surface area contributed by atoms with Gasteiger partial charge in [0, 0.05) is 21.7 Å². The van der Waals surface area contributed by atoms with Crippen molar-refractivity contribution in [3.8, 4) is 23.0 Å². The molecule has 0 saturated heterocycles. The number of carbonyl (C=O) groups is 1. The third-order valence-electron chi connectivity index (χ3n) is 4.87. The van der Waals surface area contributed by atoms with Gasteiger partial charge in [-0.05, 0) is 61.5 Å². The molecule has 5 rings (SSSR count). The second-order valence-electron chi connectivity index (χ2n) is 7.20. The lowest BCUT2D eigenvalue weighted by atomic mass is 10.1. The fourth-order valence-corrected chi connectivity index (χ4v) is 3.88. The van der Waals surface area contributed by atoms with E-state index in [2.05, 4.69) is 15.5 Å². The normalized spacial score (nSPS) is 12.0. The molecule has 0 fully saturated rings. The third-order valence-corrected chi connectivity index (χ3v) is 5.87. The molecule has 2 heterocycles. The monoisotopic (exact) mass is 445 g/mol. The Bertz CT molecular complexity index is 1250. The first-order valence-electron chi connectivity index (χ1n) is 9.97. The molecule has 0 bridgehead atoms. The van der Waals surface area contributed by atoms with Gasteiger partial charge in [0.15, 0.2) is 11.5 Å². The van der Waals surface area contributed by atoms with Crippen molar-refractivity contribution in [2.24, 2.45) is 0 Å². The Morgan fingerprint density at radius 2 is 1.75 bits per heavy atom. The Hall–Kier alpha value is -3.78. The number of nitrogens with zero attached hydrogens (tertiary/aromatic N) is 2. The zero-order valence-electron chi connectivity index (χ0n) is 17.2. The van der Waals surface area contributed by atoms with Gasteiger partial charge >= 0.3 is 0 Å². The molecule has 0 radical (unpaired) electrons. The van der Waals surface area contributed by atoms with Crippen LogP contribution in [0.25, 0.3) is 11.5 Å². The molecule has 0 aliphatic carbocycles.